The van der Waals surface area contributed by atoms with Crippen LogP contribution in [0.25, 0.3) is 0 Å². The smallest absolute Gasteiger partial charge is 0.123 e. The van der Waals surface area contributed by atoms with Crippen LogP contribution in [0.5, 0.6) is 0 Å². The SMILES string of the molecule is CCC(CC)N(CCOC)Cc1cc(F)ccc1N. The fourth-order valence-corrected chi connectivity index (χ4v) is 2.33. The van der Waals surface area contributed by atoms with Gasteiger partial charge in [0.1, 0.15) is 5.82 Å². The first-order valence-electron chi connectivity index (χ1n) is 6.89. The lowest BCUT2D eigenvalue weighted by Gasteiger charge is -2.30. The van der Waals surface area contributed by atoms with Crippen molar-refractivity contribution in [1.82, 2.24) is 4.90 Å². The number of nitrogen functional groups attached to an aromatic ring is 1. The van der Waals surface area contributed by atoms with Crippen molar-refractivity contribution in [3.63, 3.8) is 0 Å². The van der Waals surface area contributed by atoms with E-state index in [1.165, 1.54) is 12.1 Å². The standard InChI is InChI=1S/C15H25FN2O/c1-4-14(5-2)18(8-9-19-3)11-12-10-13(16)6-7-15(12)17/h6-7,10,14H,4-5,8-9,11,17H2,1-3H3. The highest BCUT2D eigenvalue weighted by molar-refractivity contribution is 5.46. The molecule has 0 amide bonds. The number of ether oxygens (including phenoxy) is 1. The molecule has 0 spiro atoms. The predicted molar refractivity (Wildman–Crippen MR) is 77.5 cm³/mol. The van der Waals surface area contributed by atoms with Gasteiger partial charge in [-0.15, -0.1) is 0 Å². The Morgan fingerprint density at radius 1 is 1.32 bits per heavy atom. The van der Waals surface area contributed by atoms with Crippen molar-refractivity contribution in [3.05, 3.63) is 29.6 Å². The lowest BCUT2D eigenvalue weighted by Crippen LogP contribution is -2.36. The topological polar surface area (TPSA) is 38.5 Å². The van der Waals surface area contributed by atoms with Gasteiger partial charge in [-0.05, 0) is 36.6 Å². The molecule has 0 saturated heterocycles. The maximum atomic E-state index is 13.3. The van der Waals surface area contributed by atoms with Gasteiger partial charge >= 0.3 is 0 Å². The monoisotopic (exact) mass is 268 g/mol. The summed E-state index contributed by atoms with van der Waals surface area (Å²) in [6.07, 6.45) is 2.13. The van der Waals surface area contributed by atoms with E-state index in [0.29, 0.717) is 24.9 Å². The summed E-state index contributed by atoms with van der Waals surface area (Å²) in [5, 5.41) is 0. The van der Waals surface area contributed by atoms with Crippen LogP contribution in [0.4, 0.5) is 10.1 Å². The lowest BCUT2D eigenvalue weighted by molar-refractivity contribution is 0.110. The molecule has 0 saturated carbocycles. The number of nitrogens with zero attached hydrogens (tertiary/aromatic N) is 1. The normalized spacial score (nSPS) is 11.5. The molecule has 0 fully saturated rings. The number of hydrogen-bond donors (Lipinski definition) is 1. The first-order chi connectivity index (χ1) is 9.12. The summed E-state index contributed by atoms with van der Waals surface area (Å²) >= 11 is 0. The van der Waals surface area contributed by atoms with E-state index < -0.39 is 0 Å². The first-order valence-corrected chi connectivity index (χ1v) is 6.89. The quantitative estimate of drug-likeness (QED) is 0.736. The van der Waals surface area contributed by atoms with Gasteiger partial charge in [-0.2, -0.15) is 0 Å². The zero-order valence-corrected chi connectivity index (χ0v) is 12.2. The number of halogens is 1. The van der Waals surface area contributed by atoms with Crippen LogP contribution in [0.1, 0.15) is 32.3 Å². The summed E-state index contributed by atoms with van der Waals surface area (Å²) in [5.74, 6) is -0.236. The predicted octanol–water partition coefficient (Wildman–Crippen LogP) is 3.04. The number of hydrogen-bond acceptors (Lipinski definition) is 3. The highest BCUT2D eigenvalue weighted by Crippen LogP contribution is 2.19. The average molecular weight is 268 g/mol. The van der Waals surface area contributed by atoms with Gasteiger partial charge in [-0.3, -0.25) is 4.90 Å². The number of methoxy groups -OCH3 is 1. The van der Waals surface area contributed by atoms with Crippen LogP contribution in [0.15, 0.2) is 18.2 Å². The van der Waals surface area contributed by atoms with Gasteiger partial charge in [0.25, 0.3) is 0 Å². The minimum atomic E-state index is -0.236. The molecular formula is C15H25FN2O. The van der Waals surface area contributed by atoms with Crippen molar-refractivity contribution >= 4 is 5.69 Å². The summed E-state index contributed by atoms with van der Waals surface area (Å²) in [7, 11) is 1.70. The molecule has 1 aromatic rings. The van der Waals surface area contributed by atoms with Gasteiger partial charge in [-0.1, -0.05) is 13.8 Å². The van der Waals surface area contributed by atoms with Crippen LogP contribution >= 0.6 is 0 Å². The second-order valence-corrected chi connectivity index (χ2v) is 4.78. The van der Waals surface area contributed by atoms with Crippen molar-refractivity contribution in [2.24, 2.45) is 0 Å². The largest absolute Gasteiger partial charge is 0.398 e. The van der Waals surface area contributed by atoms with Crippen molar-refractivity contribution in [1.29, 1.82) is 0 Å². The Balaban J connectivity index is 2.83. The molecule has 0 aliphatic carbocycles. The van der Waals surface area contributed by atoms with E-state index in [1.807, 2.05) is 0 Å². The van der Waals surface area contributed by atoms with Crippen LogP contribution in [0.3, 0.4) is 0 Å². The van der Waals surface area contributed by atoms with Crippen molar-refractivity contribution < 1.29 is 9.13 Å². The molecule has 1 rings (SSSR count). The summed E-state index contributed by atoms with van der Waals surface area (Å²) in [5.41, 5.74) is 7.42. The second kappa shape index (κ2) is 8.12. The third-order valence-corrected chi connectivity index (χ3v) is 3.52. The molecule has 0 radical (unpaired) electrons. The van der Waals surface area contributed by atoms with E-state index in [2.05, 4.69) is 18.7 Å². The highest BCUT2D eigenvalue weighted by Gasteiger charge is 2.16. The van der Waals surface area contributed by atoms with Crippen molar-refractivity contribution in [3.8, 4) is 0 Å². The van der Waals surface area contributed by atoms with Crippen LogP contribution in [-0.2, 0) is 11.3 Å². The molecule has 0 bridgehead atoms. The van der Waals surface area contributed by atoms with Gasteiger partial charge in [0.05, 0.1) is 6.61 Å². The Bertz CT molecular complexity index is 380. The Labute approximate surface area is 115 Å². The van der Waals surface area contributed by atoms with E-state index in [-0.39, 0.29) is 5.82 Å². The molecule has 1 aromatic carbocycles. The van der Waals surface area contributed by atoms with E-state index in [4.69, 9.17) is 10.5 Å². The van der Waals surface area contributed by atoms with Gasteiger partial charge in [0.2, 0.25) is 0 Å². The summed E-state index contributed by atoms with van der Waals surface area (Å²) in [4.78, 5) is 2.31. The summed E-state index contributed by atoms with van der Waals surface area (Å²) < 4.78 is 18.5. The maximum Gasteiger partial charge on any atom is 0.123 e. The maximum absolute atomic E-state index is 13.3. The lowest BCUT2D eigenvalue weighted by atomic mass is 10.1. The van der Waals surface area contributed by atoms with Gasteiger partial charge in [-0.25, -0.2) is 4.39 Å². The molecule has 108 valence electrons. The number of anilines is 1. The van der Waals surface area contributed by atoms with E-state index >= 15 is 0 Å². The van der Waals surface area contributed by atoms with Crippen LogP contribution in [-0.4, -0.2) is 31.2 Å². The van der Waals surface area contributed by atoms with E-state index in [9.17, 15) is 4.39 Å². The number of benzene rings is 1. The Morgan fingerprint density at radius 2 is 2.00 bits per heavy atom. The zero-order chi connectivity index (χ0) is 14.3. The Morgan fingerprint density at radius 3 is 2.58 bits per heavy atom. The fourth-order valence-electron chi connectivity index (χ4n) is 2.33. The van der Waals surface area contributed by atoms with Crippen LogP contribution in [0, 0.1) is 5.82 Å². The molecule has 0 unspecified atom stereocenters. The molecule has 4 heteroatoms. The van der Waals surface area contributed by atoms with E-state index in [0.717, 1.165) is 24.9 Å². The molecule has 19 heavy (non-hydrogen) atoms. The zero-order valence-electron chi connectivity index (χ0n) is 12.2. The molecule has 2 N–H and O–H groups in total. The first kappa shape index (κ1) is 15.9. The van der Waals surface area contributed by atoms with Crippen LogP contribution in [0.2, 0.25) is 0 Å². The third-order valence-electron chi connectivity index (χ3n) is 3.52. The van der Waals surface area contributed by atoms with Crippen molar-refractivity contribution in [2.45, 2.75) is 39.3 Å². The molecular weight excluding hydrogens is 243 g/mol. The van der Waals surface area contributed by atoms with Crippen LogP contribution < -0.4 is 5.73 Å². The highest BCUT2D eigenvalue weighted by atomic mass is 19.1. The second-order valence-electron chi connectivity index (χ2n) is 4.78. The summed E-state index contributed by atoms with van der Waals surface area (Å²) in [6.45, 7) is 6.51. The minimum absolute atomic E-state index is 0.236. The molecule has 3 nitrogen and oxygen atoms in total. The Kier molecular flexibility index (Phi) is 6.81. The van der Waals surface area contributed by atoms with Gasteiger partial charge in [0, 0.05) is 31.9 Å². The molecule has 0 aromatic heterocycles. The fraction of sp³-hybridized carbons (Fsp3) is 0.600. The minimum Gasteiger partial charge on any atom is -0.398 e. The average Bonchev–Trinajstić information content (AvgIpc) is 2.41. The molecule has 0 atom stereocenters. The van der Waals surface area contributed by atoms with Gasteiger partial charge < -0.3 is 10.5 Å². The number of rotatable bonds is 8. The van der Waals surface area contributed by atoms with Gasteiger partial charge in [0.15, 0.2) is 0 Å². The molecule has 0 aliphatic heterocycles. The Hall–Kier alpha value is -1.13. The third kappa shape index (κ3) is 4.80. The number of nitrogens with two attached hydrogens (primary N) is 1. The summed E-state index contributed by atoms with van der Waals surface area (Å²) in [6, 6.07) is 5.02. The molecule has 0 heterocycles. The van der Waals surface area contributed by atoms with Crippen molar-refractivity contribution in [2.75, 3.05) is 26.0 Å². The molecule has 0 aliphatic rings. The van der Waals surface area contributed by atoms with E-state index in [1.54, 1.807) is 13.2 Å².